The number of aromatic nitrogens is 2. The Hall–Kier alpha value is -2.44. The van der Waals surface area contributed by atoms with Gasteiger partial charge in [0.1, 0.15) is 24.3 Å². The van der Waals surface area contributed by atoms with Crippen LogP contribution < -0.4 is 10.1 Å². The van der Waals surface area contributed by atoms with Crippen molar-refractivity contribution in [3.8, 4) is 5.75 Å². The molecule has 3 aromatic rings. The molecule has 0 radical (unpaired) electrons. The highest BCUT2D eigenvalue weighted by molar-refractivity contribution is 5.87. The topological polar surface area (TPSA) is 70.2 Å². The number of halogens is 1. The van der Waals surface area contributed by atoms with Crippen LogP contribution in [0.1, 0.15) is 11.3 Å². The number of hydrogen-bond acceptors (Lipinski definition) is 4. The number of benzene rings is 2. The minimum atomic E-state index is -0.650. The van der Waals surface area contributed by atoms with Crippen molar-refractivity contribution in [1.29, 1.82) is 0 Å². The number of hydrogen-bond donors (Lipinski definition) is 3. The van der Waals surface area contributed by atoms with Gasteiger partial charge in [-0.3, -0.25) is 5.10 Å². The molecule has 1 aromatic heterocycles. The molecule has 0 aliphatic heterocycles. The van der Waals surface area contributed by atoms with E-state index in [1.807, 2.05) is 31.2 Å². The molecular formula is C19H22FN3O2. The van der Waals surface area contributed by atoms with Crippen LogP contribution in [0.3, 0.4) is 0 Å². The summed E-state index contributed by atoms with van der Waals surface area (Å²) in [5.74, 6) is 0.505. The summed E-state index contributed by atoms with van der Waals surface area (Å²) in [6.07, 6.45) is -0.0728. The van der Waals surface area contributed by atoms with Gasteiger partial charge in [0, 0.05) is 6.54 Å². The Morgan fingerprint density at radius 2 is 2.08 bits per heavy atom. The van der Waals surface area contributed by atoms with Gasteiger partial charge in [0.25, 0.3) is 0 Å². The molecule has 25 heavy (non-hydrogen) atoms. The first-order valence-corrected chi connectivity index (χ1v) is 8.34. The number of aliphatic hydroxyl groups is 1. The third kappa shape index (κ3) is 4.35. The average molecular weight is 343 g/mol. The summed E-state index contributed by atoms with van der Waals surface area (Å²) >= 11 is 0. The van der Waals surface area contributed by atoms with E-state index in [1.165, 1.54) is 6.07 Å². The molecule has 0 amide bonds. The van der Waals surface area contributed by atoms with Crippen molar-refractivity contribution in [3.05, 3.63) is 59.5 Å². The van der Waals surface area contributed by atoms with Gasteiger partial charge in [-0.15, -0.1) is 0 Å². The highest BCUT2D eigenvalue weighted by atomic mass is 19.1. The van der Waals surface area contributed by atoms with Crippen molar-refractivity contribution in [2.24, 2.45) is 0 Å². The number of nitrogens with zero attached hydrogens (tertiary/aromatic N) is 1. The Balaban J connectivity index is 1.44. The Labute approximate surface area is 145 Å². The van der Waals surface area contributed by atoms with Crippen LogP contribution >= 0.6 is 0 Å². The quantitative estimate of drug-likeness (QED) is 0.550. The van der Waals surface area contributed by atoms with Crippen LogP contribution in [0.25, 0.3) is 10.9 Å². The molecule has 132 valence electrons. The molecule has 5 nitrogen and oxygen atoms in total. The van der Waals surface area contributed by atoms with E-state index in [0.717, 1.165) is 16.6 Å². The maximum Gasteiger partial charge on any atom is 0.130 e. The lowest BCUT2D eigenvalue weighted by molar-refractivity contribution is 0.107. The number of ether oxygens (including phenoxy) is 1. The Bertz CT molecular complexity index is 834. The van der Waals surface area contributed by atoms with Crippen molar-refractivity contribution in [2.75, 3.05) is 19.7 Å². The third-order valence-electron chi connectivity index (χ3n) is 4.07. The molecule has 0 saturated carbocycles. The summed E-state index contributed by atoms with van der Waals surface area (Å²) < 4.78 is 19.3. The van der Waals surface area contributed by atoms with Gasteiger partial charge in [-0.2, -0.15) is 5.10 Å². The molecule has 0 fully saturated rings. The van der Waals surface area contributed by atoms with Gasteiger partial charge in [0.05, 0.1) is 16.6 Å². The molecular weight excluding hydrogens is 321 g/mol. The minimum absolute atomic E-state index is 0.177. The molecule has 3 N–H and O–H groups in total. The fraction of sp³-hybridized carbons (Fsp3) is 0.316. The lowest BCUT2D eigenvalue weighted by Crippen LogP contribution is -2.32. The van der Waals surface area contributed by atoms with Crippen LogP contribution in [0, 0.1) is 12.7 Å². The van der Waals surface area contributed by atoms with Crippen molar-refractivity contribution in [3.63, 3.8) is 0 Å². The van der Waals surface area contributed by atoms with E-state index >= 15 is 0 Å². The smallest absolute Gasteiger partial charge is 0.130 e. The molecule has 1 heterocycles. The zero-order chi connectivity index (χ0) is 17.6. The van der Waals surface area contributed by atoms with E-state index in [4.69, 9.17) is 4.74 Å². The first-order chi connectivity index (χ1) is 12.1. The van der Waals surface area contributed by atoms with E-state index in [-0.39, 0.29) is 12.4 Å². The Morgan fingerprint density at radius 3 is 2.92 bits per heavy atom. The molecule has 3 rings (SSSR count). The fourth-order valence-electron chi connectivity index (χ4n) is 2.76. The van der Waals surface area contributed by atoms with Gasteiger partial charge in [0.2, 0.25) is 0 Å². The van der Waals surface area contributed by atoms with E-state index in [9.17, 15) is 9.50 Å². The first-order valence-electron chi connectivity index (χ1n) is 8.34. The predicted molar refractivity (Wildman–Crippen MR) is 95.3 cm³/mol. The molecule has 2 aromatic carbocycles. The van der Waals surface area contributed by atoms with Gasteiger partial charge in [-0.25, -0.2) is 4.39 Å². The number of aliphatic hydroxyl groups excluding tert-OH is 1. The average Bonchev–Trinajstić information content (AvgIpc) is 3.00. The summed E-state index contributed by atoms with van der Waals surface area (Å²) in [4.78, 5) is 0. The highest BCUT2D eigenvalue weighted by Crippen LogP contribution is 2.26. The van der Waals surface area contributed by atoms with Crippen molar-refractivity contribution < 1.29 is 14.2 Å². The van der Waals surface area contributed by atoms with Crippen molar-refractivity contribution in [1.82, 2.24) is 15.5 Å². The zero-order valence-corrected chi connectivity index (χ0v) is 14.1. The standard InChI is InChI=1S/C19H22FN3O2/c1-13-19-17(23-22-13)7-4-8-18(19)25-12-15(24)11-21-10-9-14-5-2-3-6-16(14)20/h2-8,15,21,24H,9-12H2,1H3,(H,22,23)/t15-/m0/s1. The summed E-state index contributed by atoms with van der Waals surface area (Å²) in [5, 5.41) is 21.2. The monoisotopic (exact) mass is 343 g/mol. The van der Waals surface area contributed by atoms with Gasteiger partial charge >= 0.3 is 0 Å². The number of rotatable bonds is 8. The summed E-state index contributed by atoms with van der Waals surface area (Å²) in [5.41, 5.74) is 2.44. The molecule has 0 spiro atoms. The number of H-pyrrole nitrogens is 1. The normalized spacial score (nSPS) is 12.4. The fourth-order valence-corrected chi connectivity index (χ4v) is 2.76. The largest absolute Gasteiger partial charge is 0.490 e. The Kier molecular flexibility index (Phi) is 5.63. The maximum absolute atomic E-state index is 13.5. The second-order valence-corrected chi connectivity index (χ2v) is 6.00. The van der Waals surface area contributed by atoms with E-state index in [0.29, 0.717) is 30.8 Å². The van der Waals surface area contributed by atoms with Crippen LogP contribution in [0.15, 0.2) is 42.5 Å². The van der Waals surface area contributed by atoms with E-state index in [2.05, 4.69) is 15.5 Å². The summed E-state index contributed by atoms with van der Waals surface area (Å²) in [6.45, 7) is 3.06. The van der Waals surface area contributed by atoms with Crippen LogP contribution in [0.4, 0.5) is 4.39 Å². The second kappa shape index (κ2) is 8.09. The number of aromatic amines is 1. The predicted octanol–water partition coefficient (Wildman–Crippen LogP) is 2.58. The second-order valence-electron chi connectivity index (χ2n) is 6.00. The van der Waals surface area contributed by atoms with Gasteiger partial charge < -0.3 is 15.2 Å². The number of nitrogens with one attached hydrogen (secondary N) is 2. The lowest BCUT2D eigenvalue weighted by atomic mass is 10.1. The molecule has 6 heteroatoms. The molecule has 1 atom stereocenters. The highest BCUT2D eigenvalue weighted by Gasteiger charge is 2.10. The van der Waals surface area contributed by atoms with Crippen LogP contribution in [-0.4, -0.2) is 41.1 Å². The van der Waals surface area contributed by atoms with Crippen molar-refractivity contribution >= 4 is 10.9 Å². The summed E-state index contributed by atoms with van der Waals surface area (Å²) in [7, 11) is 0. The minimum Gasteiger partial charge on any atom is -0.490 e. The third-order valence-corrected chi connectivity index (χ3v) is 4.07. The van der Waals surface area contributed by atoms with E-state index in [1.54, 1.807) is 12.1 Å². The van der Waals surface area contributed by atoms with Crippen LogP contribution in [-0.2, 0) is 6.42 Å². The molecule has 0 aliphatic carbocycles. The number of aryl methyl sites for hydroxylation is 1. The molecule has 0 bridgehead atoms. The lowest BCUT2D eigenvalue weighted by Gasteiger charge is -2.14. The van der Waals surface area contributed by atoms with Gasteiger partial charge in [0.15, 0.2) is 0 Å². The zero-order valence-electron chi connectivity index (χ0n) is 14.1. The van der Waals surface area contributed by atoms with Crippen LogP contribution in [0.2, 0.25) is 0 Å². The SMILES string of the molecule is Cc1n[nH]c2cccc(OC[C@@H](O)CNCCc3ccccc3F)c12. The number of fused-ring (bicyclic) bond motifs is 1. The summed E-state index contributed by atoms with van der Waals surface area (Å²) in [6, 6.07) is 12.4. The molecule has 0 unspecified atom stereocenters. The molecule has 0 saturated heterocycles. The van der Waals surface area contributed by atoms with Crippen LogP contribution in [0.5, 0.6) is 5.75 Å². The first kappa shape index (κ1) is 17.4. The molecule has 0 aliphatic rings. The Morgan fingerprint density at radius 1 is 1.24 bits per heavy atom. The van der Waals surface area contributed by atoms with Crippen molar-refractivity contribution in [2.45, 2.75) is 19.4 Å². The van der Waals surface area contributed by atoms with Gasteiger partial charge in [-0.05, 0) is 43.7 Å². The maximum atomic E-state index is 13.5. The van der Waals surface area contributed by atoms with E-state index < -0.39 is 6.10 Å². The van der Waals surface area contributed by atoms with Gasteiger partial charge in [-0.1, -0.05) is 24.3 Å².